The third-order valence-electron chi connectivity index (χ3n) is 1.79. The van der Waals surface area contributed by atoms with Crippen LogP contribution in [-0.2, 0) is 0 Å². The van der Waals surface area contributed by atoms with Gasteiger partial charge in [0, 0.05) is 4.70 Å². The number of hydrogen-bond acceptors (Lipinski definition) is 1. The van der Waals surface area contributed by atoms with Gasteiger partial charge in [0.2, 0.25) is 0 Å². The zero-order valence-electron chi connectivity index (χ0n) is 8.29. The molecule has 0 bridgehead atoms. The van der Waals surface area contributed by atoms with Crippen molar-refractivity contribution in [2.75, 3.05) is 0 Å². The smallest absolute Gasteiger partial charge is 0.113 e. The number of hydrogen-bond donors (Lipinski definition) is 0. The van der Waals surface area contributed by atoms with Gasteiger partial charge in [-0.1, -0.05) is 31.4 Å². The Hall–Kier alpha value is -0.755. The minimum Gasteiger partial charge on any atom is -0.144 e. The highest BCUT2D eigenvalue weighted by Gasteiger charge is 1.97. The molecule has 2 rings (SSSR count). The van der Waals surface area contributed by atoms with E-state index in [1.54, 1.807) is 11.3 Å². The second kappa shape index (κ2) is 4.47. The molecule has 0 saturated carbocycles. The van der Waals surface area contributed by atoms with Crippen LogP contribution >= 0.6 is 11.3 Å². The number of rotatable bonds is 0. The Bertz CT molecular complexity index is 390. The lowest BCUT2D eigenvalue weighted by Crippen LogP contribution is -1.98. The Labute approximate surface area is 85.0 Å². The summed E-state index contributed by atoms with van der Waals surface area (Å²) in [6, 6.07) is 6.04. The lowest BCUT2D eigenvalue weighted by molar-refractivity contribution is 1.50. The zero-order chi connectivity index (χ0) is 9.84. The summed E-state index contributed by atoms with van der Waals surface area (Å²) in [4.78, 5) is 0. The third-order valence-corrected chi connectivity index (χ3v) is 2.87. The molecule has 0 aliphatic rings. The van der Waals surface area contributed by atoms with Crippen molar-refractivity contribution in [3.05, 3.63) is 29.1 Å². The van der Waals surface area contributed by atoms with Crippen LogP contribution in [-0.4, -0.2) is 7.85 Å². The average Bonchev–Trinajstić information content (AvgIpc) is 2.52. The normalized spacial score (nSPS) is 9.46. The number of aryl methyl sites for hydroxylation is 1. The summed E-state index contributed by atoms with van der Waals surface area (Å²) in [5, 5.41) is 3.44. The van der Waals surface area contributed by atoms with Crippen LogP contribution in [0, 0.1) is 6.92 Å². The molecule has 2 heteroatoms. The van der Waals surface area contributed by atoms with E-state index in [1.165, 1.54) is 15.6 Å². The van der Waals surface area contributed by atoms with Gasteiger partial charge in [-0.15, -0.1) is 11.3 Å². The fourth-order valence-corrected chi connectivity index (χ4v) is 2.10. The molecule has 1 aromatic carbocycles. The van der Waals surface area contributed by atoms with E-state index in [2.05, 4.69) is 18.4 Å². The predicted molar refractivity (Wildman–Crippen MR) is 63.3 cm³/mol. The van der Waals surface area contributed by atoms with Crippen molar-refractivity contribution >= 4 is 34.7 Å². The largest absolute Gasteiger partial charge is 0.144 e. The summed E-state index contributed by atoms with van der Waals surface area (Å²) in [5.74, 6) is 0. The van der Waals surface area contributed by atoms with E-state index in [4.69, 9.17) is 7.85 Å². The maximum Gasteiger partial charge on any atom is 0.113 e. The first-order valence-corrected chi connectivity index (χ1v) is 5.38. The molecule has 0 unspecified atom stereocenters. The standard InChI is InChI=1S/C9H7BS.C2H6/c1-6-5-11-9-3-2-7(10)4-8(6)9;1-2/h2-5H,1H3;1-2H3. The first kappa shape index (κ1) is 10.3. The van der Waals surface area contributed by atoms with Gasteiger partial charge in [-0.3, -0.25) is 0 Å². The van der Waals surface area contributed by atoms with Gasteiger partial charge >= 0.3 is 0 Å². The van der Waals surface area contributed by atoms with Gasteiger partial charge in [0.05, 0.1) is 0 Å². The molecule has 66 valence electrons. The van der Waals surface area contributed by atoms with Crippen molar-refractivity contribution in [2.24, 2.45) is 0 Å². The van der Waals surface area contributed by atoms with Crippen LogP contribution in [0.25, 0.3) is 10.1 Å². The van der Waals surface area contributed by atoms with Crippen LogP contribution in [0.1, 0.15) is 19.4 Å². The molecule has 1 heterocycles. The number of fused-ring (bicyclic) bond motifs is 1. The second-order valence-corrected chi connectivity index (χ2v) is 3.59. The van der Waals surface area contributed by atoms with Crippen molar-refractivity contribution in [1.29, 1.82) is 0 Å². The molecule has 0 aliphatic heterocycles. The fraction of sp³-hybridized carbons (Fsp3) is 0.273. The van der Waals surface area contributed by atoms with Gasteiger partial charge in [0.1, 0.15) is 7.85 Å². The summed E-state index contributed by atoms with van der Waals surface area (Å²) in [7, 11) is 5.66. The maximum atomic E-state index is 5.66. The Morgan fingerprint density at radius 3 is 2.62 bits per heavy atom. The first-order valence-electron chi connectivity index (χ1n) is 4.51. The van der Waals surface area contributed by atoms with E-state index >= 15 is 0 Å². The van der Waals surface area contributed by atoms with Gasteiger partial charge in [0.15, 0.2) is 0 Å². The minimum absolute atomic E-state index is 0.846. The van der Waals surface area contributed by atoms with Gasteiger partial charge in [-0.25, -0.2) is 0 Å². The van der Waals surface area contributed by atoms with Crippen LogP contribution in [0.3, 0.4) is 0 Å². The second-order valence-electron chi connectivity index (χ2n) is 2.67. The van der Waals surface area contributed by atoms with Crippen molar-refractivity contribution < 1.29 is 0 Å². The molecular formula is C11H13BS. The highest BCUT2D eigenvalue weighted by molar-refractivity contribution is 7.17. The highest BCUT2D eigenvalue weighted by Crippen LogP contribution is 2.23. The lowest BCUT2D eigenvalue weighted by Gasteiger charge is -1.93. The summed E-state index contributed by atoms with van der Waals surface area (Å²) in [5.41, 5.74) is 2.16. The molecule has 0 amide bonds. The Balaban J connectivity index is 0.000000396. The Kier molecular flexibility index (Phi) is 3.55. The van der Waals surface area contributed by atoms with Crippen LogP contribution in [0.4, 0.5) is 0 Å². The minimum atomic E-state index is 0.846. The van der Waals surface area contributed by atoms with Gasteiger partial charge < -0.3 is 0 Å². The van der Waals surface area contributed by atoms with Crippen LogP contribution in [0.5, 0.6) is 0 Å². The number of benzene rings is 1. The maximum absolute atomic E-state index is 5.66. The quantitative estimate of drug-likeness (QED) is 0.557. The lowest BCUT2D eigenvalue weighted by atomic mass is 9.95. The van der Waals surface area contributed by atoms with Gasteiger partial charge in [0.25, 0.3) is 0 Å². The zero-order valence-corrected chi connectivity index (χ0v) is 9.11. The molecule has 2 aromatic rings. The topological polar surface area (TPSA) is 0 Å². The molecule has 0 spiro atoms. The molecule has 1 aromatic heterocycles. The van der Waals surface area contributed by atoms with E-state index < -0.39 is 0 Å². The molecule has 0 N–H and O–H groups in total. The van der Waals surface area contributed by atoms with E-state index in [-0.39, 0.29) is 0 Å². The van der Waals surface area contributed by atoms with Crippen molar-refractivity contribution in [1.82, 2.24) is 0 Å². The average molecular weight is 188 g/mol. The summed E-state index contributed by atoms with van der Waals surface area (Å²) < 4.78 is 1.32. The van der Waals surface area contributed by atoms with Gasteiger partial charge in [-0.05, 0) is 29.3 Å². The van der Waals surface area contributed by atoms with E-state index in [1.807, 2.05) is 26.0 Å². The molecule has 0 nitrogen and oxygen atoms in total. The fourth-order valence-electron chi connectivity index (χ4n) is 1.17. The SMILES string of the molecule is CC.[B]c1ccc2scc(C)c2c1. The van der Waals surface area contributed by atoms with Gasteiger partial charge in [-0.2, -0.15) is 0 Å². The highest BCUT2D eigenvalue weighted by atomic mass is 32.1. The predicted octanol–water partition coefficient (Wildman–Crippen LogP) is 3.03. The molecular weight excluding hydrogens is 175 g/mol. The van der Waals surface area contributed by atoms with E-state index in [0.29, 0.717) is 0 Å². The molecule has 2 radical (unpaired) electrons. The summed E-state index contributed by atoms with van der Waals surface area (Å²) >= 11 is 1.77. The molecule has 0 saturated heterocycles. The van der Waals surface area contributed by atoms with E-state index in [9.17, 15) is 0 Å². The van der Waals surface area contributed by atoms with Crippen LogP contribution in [0.2, 0.25) is 0 Å². The Morgan fingerprint density at radius 1 is 1.23 bits per heavy atom. The van der Waals surface area contributed by atoms with Crippen molar-refractivity contribution in [3.63, 3.8) is 0 Å². The summed E-state index contributed by atoms with van der Waals surface area (Å²) in [6.07, 6.45) is 0. The van der Waals surface area contributed by atoms with E-state index in [0.717, 1.165) is 5.46 Å². The molecule has 0 atom stereocenters. The molecule has 13 heavy (non-hydrogen) atoms. The van der Waals surface area contributed by atoms with Crippen LogP contribution in [0.15, 0.2) is 23.6 Å². The van der Waals surface area contributed by atoms with Crippen molar-refractivity contribution in [2.45, 2.75) is 20.8 Å². The first-order chi connectivity index (χ1) is 6.27. The molecule has 0 fully saturated rings. The van der Waals surface area contributed by atoms with Crippen LogP contribution < -0.4 is 5.46 Å². The third kappa shape index (κ3) is 2.13. The number of thiophene rings is 1. The van der Waals surface area contributed by atoms with Crippen molar-refractivity contribution in [3.8, 4) is 0 Å². The monoisotopic (exact) mass is 188 g/mol. The molecule has 0 aliphatic carbocycles. The summed E-state index contributed by atoms with van der Waals surface area (Å²) in [6.45, 7) is 6.11. The Morgan fingerprint density at radius 2 is 1.92 bits per heavy atom.